The van der Waals surface area contributed by atoms with Gasteiger partial charge in [0.1, 0.15) is 6.10 Å². The number of carbonyl (C=O) groups excluding carboxylic acids is 1. The highest BCUT2D eigenvalue weighted by molar-refractivity contribution is 5.81. The van der Waals surface area contributed by atoms with E-state index in [9.17, 15) is 4.79 Å². The fraction of sp³-hybridized carbons (Fsp3) is 0.909. The van der Waals surface area contributed by atoms with Gasteiger partial charge in [-0.05, 0) is 31.1 Å². The van der Waals surface area contributed by atoms with Gasteiger partial charge < -0.3 is 4.74 Å². The quantitative estimate of drug-likeness (QED) is 0.532. The molecule has 0 N–H and O–H groups in total. The summed E-state index contributed by atoms with van der Waals surface area (Å²) in [5.74, 6) is 2.45. The summed E-state index contributed by atoms with van der Waals surface area (Å²) in [6.07, 6.45) is 1.47. The van der Waals surface area contributed by atoms with E-state index in [4.69, 9.17) is 4.74 Å². The first kappa shape index (κ1) is 7.84. The lowest BCUT2D eigenvalue weighted by molar-refractivity contribution is -0.148. The van der Waals surface area contributed by atoms with Crippen molar-refractivity contribution in [3.05, 3.63) is 0 Å². The molecule has 13 heavy (non-hydrogen) atoms. The van der Waals surface area contributed by atoms with Crippen LogP contribution in [0.25, 0.3) is 0 Å². The summed E-state index contributed by atoms with van der Waals surface area (Å²) in [5, 5.41) is 0. The van der Waals surface area contributed by atoms with Crippen molar-refractivity contribution in [2.75, 3.05) is 0 Å². The van der Waals surface area contributed by atoms with Crippen LogP contribution in [0.5, 0.6) is 0 Å². The molecular formula is C11H16O2. The number of esters is 1. The van der Waals surface area contributed by atoms with E-state index in [0.717, 1.165) is 5.92 Å². The second kappa shape index (κ2) is 1.94. The van der Waals surface area contributed by atoms with E-state index in [-0.39, 0.29) is 17.5 Å². The zero-order valence-corrected chi connectivity index (χ0v) is 8.41. The van der Waals surface area contributed by atoms with Gasteiger partial charge in [-0.15, -0.1) is 0 Å². The maximum Gasteiger partial charge on any atom is 0.312 e. The van der Waals surface area contributed by atoms with Gasteiger partial charge in [-0.25, -0.2) is 0 Å². The average molecular weight is 180 g/mol. The van der Waals surface area contributed by atoms with Crippen molar-refractivity contribution in [1.82, 2.24) is 0 Å². The van der Waals surface area contributed by atoms with Crippen molar-refractivity contribution < 1.29 is 9.53 Å². The highest BCUT2D eigenvalue weighted by Gasteiger charge is 2.70. The Balaban J connectivity index is 2.13. The van der Waals surface area contributed by atoms with E-state index in [2.05, 4.69) is 20.8 Å². The summed E-state index contributed by atoms with van der Waals surface area (Å²) in [6, 6.07) is 0. The lowest BCUT2D eigenvalue weighted by atomic mass is 9.66. The summed E-state index contributed by atoms with van der Waals surface area (Å²) < 4.78 is 5.49. The summed E-state index contributed by atoms with van der Waals surface area (Å²) in [5.41, 5.74) is -0.137. The van der Waals surface area contributed by atoms with Crippen LogP contribution >= 0.6 is 0 Å². The zero-order chi connectivity index (χ0) is 9.38. The Morgan fingerprint density at radius 2 is 2.15 bits per heavy atom. The van der Waals surface area contributed by atoms with E-state index in [1.807, 2.05) is 0 Å². The molecule has 0 radical (unpaired) electrons. The average Bonchev–Trinajstić information content (AvgIpc) is 2.60. The van der Waals surface area contributed by atoms with E-state index in [1.165, 1.54) is 6.42 Å². The molecule has 2 aliphatic carbocycles. The summed E-state index contributed by atoms with van der Waals surface area (Å²) >= 11 is 0. The Bertz CT molecular complexity index is 286. The van der Waals surface area contributed by atoms with Gasteiger partial charge >= 0.3 is 5.97 Å². The highest BCUT2D eigenvalue weighted by atomic mass is 16.6. The van der Waals surface area contributed by atoms with Crippen molar-refractivity contribution in [2.24, 2.45) is 29.1 Å². The maximum absolute atomic E-state index is 11.7. The molecule has 0 aromatic carbocycles. The van der Waals surface area contributed by atoms with Crippen LogP contribution in [0.2, 0.25) is 0 Å². The Kier molecular flexibility index (Phi) is 1.17. The van der Waals surface area contributed by atoms with Gasteiger partial charge in [0.25, 0.3) is 0 Å². The molecule has 2 heteroatoms. The van der Waals surface area contributed by atoms with Crippen LogP contribution in [-0.2, 0) is 9.53 Å². The standard InChI is InChI=1S/C11H16O2/c1-5-7-4-8-9(5)13-10(12)11(8,3)6(7)2/h5-9H,4H2,1-3H3. The normalized spacial score (nSPS) is 63.0. The van der Waals surface area contributed by atoms with Gasteiger partial charge in [0.2, 0.25) is 0 Å². The fourth-order valence-electron chi connectivity index (χ4n) is 4.06. The van der Waals surface area contributed by atoms with Crippen LogP contribution in [0.15, 0.2) is 0 Å². The van der Waals surface area contributed by atoms with Gasteiger partial charge in [-0.2, -0.15) is 0 Å². The van der Waals surface area contributed by atoms with Crippen molar-refractivity contribution in [1.29, 1.82) is 0 Å². The fourth-order valence-corrected chi connectivity index (χ4v) is 4.06. The molecule has 1 saturated heterocycles. The first-order valence-corrected chi connectivity index (χ1v) is 5.28. The van der Waals surface area contributed by atoms with Crippen LogP contribution in [0.3, 0.4) is 0 Å². The highest BCUT2D eigenvalue weighted by Crippen LogP contribution is 2.66. The van der Waals surface area contributed by atoms with Crippen LogP contribution in [0.4, 0.5) is 0 Å². The van der Waals surface area contributed by atoms with Crippen molar-refractivity contribution in [3.63, 3.8) is 0 Å². The third kappa shape index (κ3) is 0.598. The van der Waals surface area contributed by atoms with Gasteiger partial charge in [0.05, 0.1) is 5.41 Å². The van der Waals surface area contributed by atoms with Crippen molar-refractivity contribution >= 4 is 5.97 Å². The predicted molar refractivity (Wildman–Crippen MR) is 47.9 cm³/mol. The molecule has 6 atom stereocenters. The van der Waals surface area contributed by atoms with Gasteiger partial charge in [0, 0.05) is 5.92 Å². The molecule has 3 fully saturated rings. The second-order valence-electron chi connectivity index (χ2n) is 5.31. The topological polar surface area (TPSA) is 26.3 Å². The van der Waals surface area contributed by atoms with E-state index < -0.39 is 0 Å². The SMILES string of the molecule is CC1C2CC3C1OC(=O)C3(C)C2C. The van der Waals surface area contributed by atoms with Crippen LogP contribution < -0.4 is 0 Å². The largest absolute Gasteiger partial charge is 0.461 e. The Morgan fingerprint density at radius 1 is 1.46 bits per heavy atom. The smallest absolute Gasteiger partial charge is 0.312 e. The third-order valence-corrected chi connectivity index (χ3v) is 5.16. The molecule has 6 unspecified atom stereocenters. The van der Waals surface area contributed by atoms with Crippen LogP contribution in [0, 0.1) is 29.1 Å². The minimum atomic E-state index is -0.137. The second-order valence-corrected chi connectivity index (χ2v) is 5.31. The first-order valence-electron chi connectivity index (χ1n) is 5.28. The van der Waals surface area contributed by atoms with Crippen LogP contribution in [-0.4, -0.2) is 12.1 Å². The summed E-state index contributed by atoms with van der Waals surface area (Å²) in [7, 11) is 0. The molecule has 0 aromatic heterocycles. The first-order chi connectivity index (χ1) is 6.06. The number of fused-ring (bicyclic) bond motifs is 1. The molecule has 2 saturated carbocycles. The van der Waals surface area contributed by atoms with Gasteiger partial charge in [0.15, 0.2) is 0 Å². The number of hydrogen-bond acceptors (Lipinski definition) is 2. The van der Waals surface area contributed by atoms with Crippen LogP contribution in [0.1, 0.15) is 27.2 Å². The van der Waals surface area contributed by atoms with E-state index in [1.54, 1.807) is 0 Å². The Labute approximate surface area is 78.6 Å². The monoisotopic (exact) mass is 180 g/mol. The molecule has 72 valence electrons. The third-order valence-electron chi connectivity index (χ3n) is 5.16. The Hall–Kier alpha value is -0.530. The summed E-state index contributed by atoms with van der Waals surface area (Å²) in [6.45, 7) is 6.57. The molecule has 3 aliphatic rings. The lowest BCUT2D eigenvalue weighted by Crippen LogP contribution is -2.38. The molecule has 0 amide bonds. The van der Waals surface area contributed by atoms with Gasteiger partial charge in [-0.1, -0.05) is 13.8 Å². The molecule has 2 bridgehead atoms. The lowest BCUT2D eigenvalue weighted by Gasteiger charge is -2.33. The number of carbonyl (C=O) groups is 1. The van der Waals surface area contributed by atoms with E-state index >= 15 is 0 Å². The van der Waals surface area contributed by atoms with Crippen molar-refractivity contribution in [2.45, 2.75) is 33.3 Å². The number of ether oxygens (including phenoxy) is 1. The maximum atomic E-state index is 11.7. The molecular weight excluding hydrogens is 164 g/mol. The zero-order valence-electron chi connectivity index (χ0n) is 8.41. The molecule has 2 nitrogen and oxygen atoms in total. The minimum absolute atomic E-state index is 0.0712. The van der Waals surface area contributed by atoms with E-state index in [0.29, 0.717) is 17.8 Å². The molecule has 1 aliphatic heterocycles. The summed E-state index contributed by atoms with van der Waals surface area (Å²) in [4.78, 5) is 11.7. The molecule has 0 aromatic rings. The van der Waals surface area contributed by atoms with Gasteiger partial charge in [-0.3, -0.25) is 4.79 Å². The predicted octanol–water partition coefficient (Wildman–Crippen LogP) is 1.84. The molecule has 1 heterocycles. The number of rotatable bonds is 0. The number of hydrogen-bond donors (Lipinski definition) is 0. The molecule has 3 rings (SSSR count). The van der Waals surface area contributed by atoms with Crippen molar-refractivity contribution in [3.8, 4) is 0 Å². The molecule has 0 spiro atoms. The Morgan fingerprint density at radius 3 is 2.77 bits per heavy atom. The minimum Gasteiger partial charge on any atom is -0.461 e.